The number of hydrogen-bond acceptors (Lipinski definition) is 3. The molecule has 0 amide bonds. The van der Waals surface area contributed by atoms with Crippen LogP contribution in [0.2, 0.25) is 0 Å². The maximum absolute atomic E-state index is 12.9. The number of halogens is 4. The van der Waals surface area contributed by atoms with Crippen molar-refractivity contribution >= 4 is 29.0 Å². The van der Waals surface area contributed by atoms with E-state index in [2.05, 4.69) is 10.3 Å². The van der Waals surface area contributed by atoms with Crippen LogP contribution in [0.5, 0.6) is 0 Å². The Labute approximate surface area is 148 Å². The third kappa shape index (κ3) is 3.22. The molecular weight excluding hydrogens is 353 g/mol. The fourth-order valence-electron chi connectivity index (χ4n) is 2.84. The Morgan fingerprint density at radius 2 is 1.84 bits per heavy atom. The molecule has 0 spiro atoms. The van der Waals surface area contributed by atoms with Crippen LogP contribution in [0.4, 0.5) is 13.2 Å². The fourth-order valence-corrected chi connectivity index (χ4v) is 2.84. The Hall–Kier alpha value is -2.47. The van der Waals surface area contributed by atoms with Crippen molar-refractivity contribution < 1.29 is 17.6 Å². The predicted octanol–water partition coefficient (Wildman–Crippen LogP) is 4.89. The zero-order valence-corrected chi connectivity index (χ0v) is 13.7. The van der Waals surface area contributed by atoms with Crippen LogP contribution in [0.1, 0.15) is 11.3 Å². The van der Waals surface area contributed by atoms with Gasteiger partial charge in [0.15, 0.2) is 11.6 Å². The molecule has 1 aliphatic rings. The van der Waals surface area contributed by atoms with Gasteiger partial charge in [0, 0.05) is 17.3 Å². The summed E-state index contributed by atoms with van der Waals surface area (Å²) < 4.78 is 44.2. The first-order chi connectivity index (χ1) is 11.5. The van der Waals surface area contributed by atoms with Gasteiger partial charge in [-0.1, -0.05) is 18.2 Å². The van der Waals surface area contributed by atoms with Gasteiger partial charge in [0.05, 0.1) is 18.4 Å². The summed E-state index contributed by atoms with van der Waals surface area (Å²) in [5, 5.41) is 4.87. The summed E-state index contributed by atoms with van der Waals surface area (Å²) in [4.78, 5) is 4.33. The van der Waals surface area contributed by atoms with Gasteiger partial charge in [0.25, 0.3) is 0 Å². The minimum atomic E-state index is -4.35. The SMILES string of the molecule is Cl.FC(F)(F)c1cccc(-c2ccc3c(C4=NCCN4)occ3c2)c1. The van der Waals surface area contributed by atoms with E-state index in [9.17, 15) is 13.2 Å². The molecule has 3 aromatic rings. The lowest BCUT2D eigenvalue weighted by Crippen LogP contribution is -2.18. The van der Waals surface area contributed by atoms with Crippen LogP contribution < -0.4 is 5.32 Å². The lowest BCUT2D eigenvalue weighted by atomic mass is 10.0. The Balaban J connectivity index is 0.00000182. The highest BCUT2D eigenvalue weighted by Gasteiger charge is 2.30. The van der Waals surface area contributed by atoms with E-state index in [4.69, 9.17) is 4.42 Å². The van der Waals surface area contributed by atoms with Crippen molar-refractivity contribution in [2.24, 2.45) is 4.99 Å². The van der Waals surface area contributed by atoms with E-state index in [0.717, 1.165) is 35.3 Å². The van der Waals surface area contributed by atoms with E-state index in [0.29, 0.717) is 23.4 Å². The quantitative estimate of drug-likeness (QED) is 0.701. The van der Waals surface area contributed by atoms with Crippen molar-refractivity contribution in [2.75, 3.05) is 13.1 Å². The number of fused-ring (bicyclic) bond motifs is 1. The molecule has 1 aromatic heterocycles. The van der Waals surface area contributed by atoms with Crippen LogP contribution in [0.25, 0.3) is 21.9 Å². The molecule has 3 nitrogen and oxygen atoms in total. The largest absolute Gasteiger partial charge is 0.460 e. The topological polar surface area (TPSA) is 37.5 Å². The molecule has 0 atom stereocenters. The third-order valence-electron chi connectivity index (χ3n) is 4.01. The number of aliphatic imine (C=N–C) groups is 1. The molecule has 25 heavy (non-hydrogen) atoms. The molecule has 0 radical (unpaired) electrons. The molecule has 1 aliphatic heterocycles. The minimum absolute atomic E-state index is 0. The fraction of sp³-hybridized carbons (Fsp3) is 0.167. The van der Waals surface area contributed by atoms with Crippen LogP contribution in [0.15, 0.2) is 58.1 Å². The molecule has 7 heteroatoms. The number of rotatable bonds is 2. The summed E-state index contributed by atoms with van der Waals surface area (Å²) >= 11 is 0. The molecule has 0 fully saturated rings. The highest BCUT2D eigenvalue weighted by Crippen LogP contribution is 2.33. The zero-order valence-electron chi connectivity index (χ0n) is 12.9. The van der Waals surface area contributed by atoms with Crippen LogP contribution in [0.3, 0.4) is 0 Å². The molecule has 0 unspecified atom stereocenters. The predicted molar refractivity (Wildman–Crippen MR) is 93.3 cm³/mol. The minimum Gasteiger partial charge on any atom is -0.460 e. The molecular formula is C18H14ClF3N2O. The lowest BCUT2D eigenvalue weighted by Gasteiger charge is -2.09. The van der Waals surface area contributed by atoms with Crippen molar-refractivity contribution in [2.45, 2.75) is 6.18 Å². The molecule has 4 rings (SSSR count). The molecule has 0 bridgehead atoms. The molecule has 0 aliphatic carbocycles. The monoisotopic (exact) mass is 366 g/mol. The molecule has 2 heterocycles. The number of furan rings is 1. The molecule has 2 aromatic carbocycles. The number of benzene rings is 2. The number of alkyl halides is 3. The summed E-state index contributed by atoms with van der Waals surface area (Å²) in [5.74, 6) is 1.38. The van der Waals surface area contributed by atoms with E-state index in [1.165, 1.54) is 6.07 Å². The van der Waals surface area contributed by atoms with Gasteiger partial charge in [-0.15, -0.1) is 12.4 Å². The van der Waals surface area contributed by atoms with Crippen LogP contribution in [-0.2, 0) is 6.18 Å². The third-order valence-corrected chi connectivity index (χ3v) is 4.01. The van der Waals surface area contributed by atoms with E-state index in [-0.39, 0.29) is 12.4 Å². The van der Waals surface area contributed by atoms with Gasteiger partial charge in [-0.2, -0.15) is 13.2 Å². The van der Waals surface area contributed by atoms with Gasteiger partial charge < -0.3 is 9.73 Å². The Morgan fingerprint density at radius 1 is 1.04 bits per heavy atom. The summed E-state index contributed by atoms with van der Waals surface area (Å²) in [6.45, 7) is 1.49. The first-order valence-electron chi connectivity index (χ1n) is 7.50. The Morgan fingerprint density at radius 3 is 2.56 bits per heavy atom. The first-order valence-corrected chi connectivity index (χ1v) is 7.50. The maximum Gasteiger partial charge on any atom is 0.416 e. The van der Waals surface area contributed by atoms with E-state index >= 15 is 0 Å². The lowest BCUT2D eigenvalue weighted by molar-refractivity contribution is -0.137. The van der Waals surface area contributed by atoms with Crippen LogP contribution >= 0.6 is 12.4 Å². The molecule has 1 N–H and O–H groups in total. The second kappa shape index (κ2) is 6.44. The van der Waals surface area contributed by atoms with Crippen LogP contribution in [-0.4, -0.2) is 18.9 Å². The average Bonchev–Trinajstić information content (AvgIpc) is 3.22. The van der Waals surface area contributed by atoms with E-state index in [1.807, 2.05) is 12.1 Å². The van der Waals surface area contributed by atoms with Gasteiger partial charge in [-0.3, -0.25) is 4.99 Å². The smallest absolute Gasteiger partial charge is 0.416 e. The van der Waals surface area contributed by atoms with Crippen molar-refractivity contribution in [1.29, 1.82) is 0 Å². The second-order valence-corrected chi connectivity index (χ2v) is 5.60. The molecule has 0 saturated carbocycles. The normalized spacial score (nSPS) is 14.1. The number of amidine groups is 1. The highest BCUT2D eigenvalue weighted by atomic mass is 35.5. The summed E-state index contributed by atoms with van der Waals surface area (Å²) in [6.07, 6.45) is -2.75. The van der Waals surface area contributed by atoms with Crippen molar-refractivity contribution in [1.82, 2.24) is 5.32 Å². The summed E-state index contributed by atoms with van der Waals surface area (Å²) in [5.41, 5.74) is 0.575. The molecule has 0 saturated heterocycles. The standard InChI is InChI=1S/C18H13F3N2O.ClH/c19-18(20,21)14-3-1-2-11(9-14)12-4-5-15-13(8-12)10-24-16(15)17-22-6-7-23-17;/h1-5,8-10H,6-7H2,(H,22,23);1H. The summed E-state index contributed by atoms with van der Waals surface area (Å²) in [6, 6.07) is 10.8. The van der Waals surface area contributed by atoms with Crippen LogP contribution in [0, 0.1) is 0 Å². The van der Waals surface area contributed by atoms with Crippen molar-refractivity contribution in [3.05, 3.63) is 60.1 Å². The van der Waals surface area contributed by atoms with Gasteiger partial charge in [0.1, 0.15) is 0 Å². The maximum atomic E-state index is 12.9. The summed E-state index contributed by atoms with van der Waals surface area (Å²) in [7, 11) is 0. The number of nitrogens with zero attached hydrogens (tertiary/aromatic N) is 1. The number of nitrogens with one attached hydrogen (secondary N) is 1. The Kier molecular flexibility index (Phi) is 4.47. The highest BCUT2D eigenvalue weighted by molar-refractivity contribution is 6.08. The van der Waals surface area contributed by atoms with E-state index in [1.54, 1.807) is 18.4 Å². The van der Waals surface area contributed by atoms with Crippen molar-refractivity contribution in [3.63, 3.8) is 0 Å². The van der Waals surface area contributed by atoms with Gasteiger partial charge >= 0.3 is 6.18 Å². The van der Waals surface area contributed by atoms with Gasteiger partial charge in [0.2, 0.25) is 0 Å². The Bertz CT molecular complexity index is 947. The van der Waals surface area contributed by atoms with Gasteiger partial charge in [-0.25, -0.2) is 0 Å². The van der Waals surface area contributed by atoms with Crippen molar-refractivity contribution in [3.8, 4) is 11.1 Å². The average molecular weight is 367 g/mol. The zero-order chi connectivity index (χ0) is 16.7. The van der Waals surface area contributed by atoms with Gasteiger partial charge in [-0.05, 0) is 35.4 Å². The van der Waals surface area contributed by atoms with E-state index < -0.39 is 11.7 Å². The second-order valence-electron chi connectivity index (χ2n) is 5.60. The number of hydrogen-bond donors (Lipinski definition) is 1. The first kappa shape index (κ1) is 17.4. The molecule has 130 valence electrons.